The number of halogens is 1. The number of thioether (sulfide) groups is 1. The van der Waals surface area contributed by atoms with Crippen LogP contribution in [-0.4, -0.2) is 33.5 Å². The van der Waals surface area contributed by atoms with Gasteiger partial charge in [-0.15, -0.1) is 0 Å². The van der Waals surface area contributed by atoms with Crippen molar-refractivity contribution >= 4 is 23.4 Å². The van der Waals surface area contributed by atoms with Gasteiger partial charge in [0.25, 0.3) is 0 Å². The van der Waals surface area contributed by atoms with Crippen molar-refractivity contribution in [2.24, 2.45) is 0 Å². The van der Waals surface area contributed by atoms with E-state index in [1.165, 1.54) is 11.8 Å². The van der Waals surface area contributed by atoms with Crippen LogP contribution in [0.1, 0.15) is 17.0 Å². The Morgan fingerprint density at radius 3 is 2.45 bits per heavy atom. The molecule has 0 unspecified atom stereocenters. The second kappa shape index (κ2) is 8.48. The lowest BCUT2D eigenvalue weighted by Crippen LogP contribution is -2.18. The van der Waals surface area contributed by atoms with E-state index < -0.39 is 6.10 Å². The highest BCUT2D eigenvalue weighted by molar-refractivity contribution is 7.99. The number of benzene rings is 1. The third-order valence-corrected chi connectivity index (χ3v) is 4.10. The first-order valence-corrected chi connectivity index (χ1v) is 8.34. The third-order valence-electron chi connectivity index (χ3n) is 2.86. The minimum atomic E-state index is -0.554. The first-order valence-electron chi connectivity index (χ1n) is 6.98. The number of ether oxygens (including phenoxy) is 1. The number of aliphatic hydroxyl groups is 1. The van der Waals surface area contributed by atoms with Crippen molar-refractivity contribution < 1.29 is 9.84 Å². The van der Waals surface area contributed by atoms with Gasteiger partial charge in [0.05, 0.1) is 19.3 Å². The molecule has 4 nitrogen and oxygen atoms in total. The lowest BCUT2D eigenvalue weighted by Gasteiger charge is -2.11. The molecule has 0 aliphatic carbocycles. The molecule has 22 heavy (non-hydrogen) atoms. The lowest BCUT2D eigenvalue weighted by molar-refractivity contribution is 0.0398. The summed E-state index contributed by atoms with van der Waals surface area (Å²) >= 11 is 7.26. The van der Waals surface area contributed by atoms with Crippen LogP contribution < -0.4 is 0 Å². The normalized spacial score (nSPS) is 12.4. The molecule has 0 amide bonds. The number of aliphatic hydroxyl groups excluding tert-OH is 1. The molecule has 118 valence electrons. The van der Waals surface area contributed by atoms with Gasteiger partial charge in [0.2, 0.25) is 0 Å². The van der Waals surface area contributed by atoms with Crippen LogP contribution in [0.15, 0.2) is 35.5 Å². The summed E-state index contributed by atoms with van der Waals surface area (Å²) in [4.78, 5) is 8.66. The highest BCUT2D eigenvalue weighted by Crippen LogP contribution is 2.16. The molecule has 1 heterocycles. The standard InChI is InChI=1S/C16H19ClN2O2S/c1-11-7-12(2)19-16(18-11)22-10-15(20)9-21-8-13-3-5-14(17)6-4-13/h3-7,15,20H,8-10H2,1-2H3/t15-/m0/s1. The highest BCUT2D eigenvalue weighted by Gasteiger charge is 2.08. The molecule has 2 rings (SSSR count). The first kappa shape index (κ1) is 17.2. The Bertz CT molecular complexity index is 587. The maximum Gasteiger partial charge on any atom is 0.188 e. The molecular formula is C16H19ClN2O2S. The summed E-state index contributed by atoms with van der Waals surface area (Å²) < 4.78 is 5.51. The molecule has 0 saturated heterocycles. The minimum Gasteiger partial charge on any atom is -0.390 e. The van der Waals surface area contributed by atoms with Crippen molar-refractivity contribution in [3.8, 4) is 0 Å². The average molecular weight is 339 g/mol. The molecule has 1 aromatic heterocycles. The van der Waals surface area contributed by atoms with E-state index in [9.17, 15) is 5.11 Å². The molecule has 0 spiro atoms. The maximum atomic E-state index is 9.95. The highest BCUT2D eigenvalue weighted by atomic mass is 35.5. The number of nitrogens with zero attached hydrogens (tertiary/aromatic N) is 2. The molecule has 1 N–H and O–H groups in total. The molecular weight excluding hydrogens is 320 g/mol. The van der Waals surface area contributed by atoms with E-state index in [0.29, 0.717) is 22.5 Å². The topological polar surface area (TPSA) is 55.2 Å². The Kier molecular flexibility index (Phi) is 6.64. The van der Waals surface area contributed by atoms with Crippen molar-refractivity contribution in [1.82, 2.24) is 9.97 Å². The second-order valence-corrected chi connectivity index (χ2v) is 6.46. The van der Waals surface area contributed by atoms with Crippen molar-refractivity contribution in [2.75, 3.05) is 12.4 Å². The van der Waals surface area contributed by atoms with E-state index in [1.807, 2.05) is 44.2 Å². The van der Waals surface area contributed by atoms with Gasteiger partial charge in [-0.2, -0.15) is 0 Å². The monoisotopic (exact) mass is 338 g/mol. The van der Waals surface area contributed by atoms with E-state index in [0.717, 1.165) is 17.0 Å². The minimum absolute atomic E-state index is 0.278. The quantitative estimate of drug-likeness (QED) is 0.619. The number of rotatable bonds is 7. The van der Waals surface area contributed by atoms with Crippen LogP contribution in [0.25, 0.3) is 0 Å². The Morgan fingerprint density at radius 2 is 1.82 bits per heavy atom. The zero-order valence-electron chi connectivity index (χ0n) is 12.6. The number of hydrogen-bond donors (Lipinski definition) is 1. The van der Waals surface area contributed by atoms with Crippen LogP contribution >= 0.6 is 23.4 Å². The fourth-order valence-corrected chi connectivity index (χ4v) is 2.85. The van der Waals surface area contributed by atoms with Gasteiger partial charge >= 0.3 is 0 Å². The lowest BCUT2D eigenvalue weighted by atomic mass is 10.2. The maximum absolute atomic E-state index is 9.95. The molecule has 0 saturated carbocycles. The molecule has 6 heteroatoms. The van der Waals surface area contributed by atoms with Gasteiger partial charge in [0.1, 0.15) is 0 Å². The van der Waals surface area contributed by atoms with Gasteiger partial charge in [0.15, 0.2) is 5.16 Å². The van der Waals surface area contributed by atoms with E-state index in [-0.39, 0.29) is 6.61 Å². The van der Waals surface area contributed by atoms with Gasteiger partial charge in [0, 0.05) is 22.2 Å². The van der Waals surface area contributed by atoms with Gasteiger partial charge in [-0.1, -0.05) is 35.5 Å². The van der Waals surface area contributed by atoms with E-state index >= 15 is 0 Å². The molecule has 0 fully saturated rings. The fourth-order valence-electron chi connectivity index (χ4n) is 1.87. The van der Waals surface area contributed by atoms with E-state index in [2.05, 4.69) is 9.97 Å². The molecule has 0 aliphatic rings. The van der Waals surface area contributed by atoms with Gasteiger partial charge < -0.3 is 9.84 Å². The number of aromatic nitrogens is 2. The second-order valence-electron chi connectivity index (χ2n) is 5.04. The molecule has 0 aliphatic heterocycles. The Balaban J connectivity index is 1.71. The summed E-state index contributed by atoms with van der Waals surface area (Å²) in [6.07, 6.45) is -0.554. The van der Waals surface area contributed by atoms with Crippen LogP contribution in [-0.2, 0) is 11.3 Å². The first-order chi connectivity index (χ1) is 10.5. The van der Waals surface area contributed by atoms with E-state index in [1.54, 1.807) is 0 Å². The zero-order chi connectivity index (χ0) is 15.9. The van der Waals surface area contributed by atoms with Crippen molar-refractivity contribution in [3.63, 3.8) is 0 Å². The van der Waals surface area contributed by atoms with Crippen LogP contribution in [0.4, 0.5) is 0 Å². The molecule has 0 bridgehead atoms. The van der Waals surface area contributed by atoms with Crippen molar-refractivity contribution in [1.29, 1.82) is 0 Å². The summed E-state index contributed by atoms with van der Waals surface area (Å²) in [5.41, 5.74) is 2.90. The SMILES string of the molecule is Cc1cc(C)nc(SC[C@@H](O)COCc2ccc(Cl)cc2)n1. The van der Waals surface area contributed by atoms with Gasteiger partial charge in [-0.3, -0.25) is 0 Å². The number of aryl methyl sites for hydroxylation is 2. The van der Waals surface area contributed by atoms with Crippen LogP contribution in [0.3, 0.4) is 0 Å². The molecule has 1 atom stereocenters. The smallest absolute Gasteiger partial charge is 0.188 e. The zero-order valence-corrected chi connectivity index (χ0v) is 14.2. The predicted octanol–water partition coefficient (Wildman–Crippen LogP) is 3.42. The molecule has 2 aromatic rings. The summed E-state index contributed by atoms with van der Waals surface area (Å²) in [5.74, 6) is 0.503. The number of hydrogen-bond acceptors (Lipinski definition) is 5. The fraction of sp³-hybridized carbons (Fsp3) is 0.375. The van der Waals surface area contributed by atoms with Crippen LogP contribution in [0.5, 0.6) is 0 Å². The Labute approximate surface area is 139 Å². The van der Waals surface area contributed by atoms with E-state index in [4.69, 9.17) is 16.3 Å². The van der Waals surface area contributed by atoms with Crippen molar-refractivity contribution in [2.45, 2.75) is 31.7 Å². The van der Waals surface area contributed by atoms with Gasteiger partial charge in [-0.25, -0.2) is 9.97 Å². The van der Waals surface area contributed by atoms with Crippen LogP contribution in [0, 0.1) is 13.8 Å². The largest absolute Gasteiger partial charge is 0.390 e. The third kappa shape index (κ3) is 5.93. The van der Waals surface area contributed by atoms with Crippen LogP contribution in [0.2, 0.25) is 5.02 Å². The summed E-state index contributed by atoms with van der Waals surface area (Å²) in [6, 6.07) is 9.39. The van der Waals surface area contributed by atoms with Gasteiger partial charge in [-0.05, 0) is 37.6 Å². The Morgan fingerprint density at radius 1 is 1.18 bits per heavy atom. The summed E-state index contributed by atoms with van der Waals surface area (Å²) in [5, 5.41) is 11.3. The predicted molar refractivity (Wildman–Crippen MR) is 89.3 cm³/mol. The molecule has 0 radical (unpaired) electrons. The average Bonchev–Trinajstić information content (AvgIpc) is 2.46. The molecule has 1 aromatic carbocycles. The summed E-state index contributed by atoms with van der Waals surface area (Å²) in [6.45, 7) is 4.61. The Hall–Kier alpha value is -1.14. The van der Waals surface area contributed by atoms with Crippen molar-refractivity contribution in [3.05, 3.63) is 52.3 Å². The summed E-state index contributed by atoms with van der Waals surface area (Å²) in [7, 11) is 0.